The molecule has 1 aromatic carbocycles. The minimum atomic E-state index is -1.12. The van der Waals surface area contributed by atoms with Crippen LogP contribution in [0.1, 0.15) is 45.6 Å². The second-order valence-electron chi connectivity index (χ2n) is 8.23. The van der Waals surface area contributed by atoms with Gasteiger partial charge in [-0.2, -0.15) is 11.8 Å². The van der Waals surface area contributed by atoms with Crippen LogP contribution in [-0.4, -0.2) is 64.5 Å². The Morgan fingerprint density at radius 2 is 1.72 bits per heavy atom. The van der Waals surface area contributed by atoms with Crippen molar-refractivity contribution in [3.63, 3.8) is 0 Å². The van der Waals surface area contributed by atoms with E-state index in [2.05, 4.69) is 22.8 Å². The summed E-state index contributed by atoms with van der Waals surface area (Å²) in [7, 11) is 2.22. The number of hydrogen-bond acceptors (Lipinski definition) is 9. The number of esters is 1. The molecule has 0 saturated heterocycles. The van der Waals surface area contributed by atoms with Gasteiger partial charge in [0.2, 0.25) is 6.29 Å². The number of benzene rings is 1. The van der Waals surface area contributed by atoms with E-state index >= 15 is 0 Å². The van der Waals surface area contributed by atoms with E-state index in [0.29, 0.717) is 12.8 Å². The Balaban J connectivity index is 2.84. The maximum absolute atomic E-state index is 12.6. The minimum Gasteiger partial charge on any atom is -0.480 e. The number of alkyl carbamates (subject to hydrolysis) is 1. The first-order valence-corrected chi connectivity index (χ1v) is 15.3. The Hall–Kier alpha value is -2.05. The van der Waals surface area contributed by atoms with Gasteiger partial charge < -0.3 is 25.2 Å². The van der Waals surface area contributed by atoms with Gasteiger partial charge in [-0.1, -0.05) is 55.0 Å². The molecule has 0 aromatic heterocycles. The zero-order valence-corrected chi connectivity index (χ0v) is 23.5. The zero-order chi connectivity index (χ0) is 26.9. The molecule has 0 radical (unpaired) electrons. The third kappa shape index (κ3) is 14.5. The van der Waals surface area contributed by atoms with Gasteiger partial charge in [-0.3, -0.25) is 14.4 Å². The van der Waals surface area contributed by atoms with Gasteiger partial charge in [-0.05, 0) is 43.3 Å². The number of amides is 2. The fraction of sp³-hybridized carbons (Fsp3) is 0.583. The van der Waals surface area contributed by atoms with Crippen LogP contribution in [0.2, 0.25) is 0 Å². The van der Waals surface area contributed by atoms with E-state index in [1.54, 1.807) is 25.6 Å². The largest absolute Gasteiger partial charge is 0.480 e. The lowest BCUT2D eigenvalue weighted by Gasteiger charge is -2.27. The van der Waals surface area contributed by atoms with Crippen molar-refractivity contribution in [3.8, 4) is 0 Å². The molecular formula is C24H36N2O7S3. The fourth-order valence-corrected chi connectivity index (χ4v) is 5.94. The summed E-state index contributed by atoms with van der Waals surface area (Å²) in [6, 6.07) is 9.71. The maximum atomic E-state index is 12.6. The topological polar surface area (TPSA) is 131 Å². The second kappa shape index (κ2) is 18.2. The van der Waals surface area contributed by atoms with Crippen LogP contribution >= 0.6 is 33.3 Å². The summed E-state index contributed by atoms with van der Waals surface area (Å²) in [5.74, 6) is -1.16. The van der Waals surface area contributed by atoms with Gasteiger partial charge in [0, 0.05) is 29.0 Å². The molecular weight excluding hydrogens is 524 g/mol. The van der Waals surface area contributed by atoms with E-state index in [0.717, 1.165) is 29.4 Å². The molecule has 0 spiro atoms. The fourth-order valence-electron chi connectivity index (χ4n) is 3.01. The van der Waals surface area contributed by atoms with Crippen LogP contribution in [0, 0.1) is 5.92 Å². The summed E-state index contributed by atoms with van der Waals surface area (Å²) in [5, 5.41) is 13.4. The highest BCUT2D eigenvalue weighted by molar-refractivity contribution is 8.82. The van der Waals surface area contributed by atoms with Gasteiger partial charge in [-0.15, -0.1) is 0 Å². The van der Waals surface area contributed by atoms with Crippen LogP contribution in [0.25, 0.3) is 0 Å². The molecule has 3 N–H and O–H groups in total. The van der Waals surface area contributed by atoms with Crippen LogP contribution in [0.3, 0.4) is 0 Å². The monoisotopic (exact) mass is 560 g/mol. The summed E-state index contributed by atoms with van der Waals surface area (Å²) < 4.78 is 10.3. The first-order valence-electron chi connectivity index (χ1n) is 11.7. The number of ether oxygens (including phenoxy) is 2. The smallest absolute Gasteiger partial charge is 0.410 e. The number of carboxylic acid groups (broad SMARTS) is 1. The first kappa shape index (κ1) is 32.0. The zero-order valence-electron chi connectivity index (χ0n) is 21.1. The highest BCUT2D eigenvalue weighted by Crippen LogP contribution is 2.34. The van der Waals surface area contributed by atoms with E-state index in [-0.39, 0.29) is 17.2 Å². The summed E-state index contributed by atoms with van der Waals surface area (Å²) in [6.07, 6.45) is 3.23. The van der Waals surface area contributed by atoms with Crippen molar-refractivity contribution in [1.82, 2.24) is 10.6 Å². The summed E-state index contributed by atoms with van der Waals surface area (Å²) in [5.41, 5.74) is 1.20. The molecule has 0 heterocycles. The second-order valence-corrected chi connectivity index (χ2v) is 11.6. The van der Waals surface area contributed by atoms with Crippen LogP contribution in [0.4, 0.5) is 9.59 Å². The number of hydrogen-bond donors (Lipinski definition) is 3. The lowest BCUT2D eigenvalue weighted by atomic mass is 10.0. The van der Waals surface area contributed by atoms with E-state index in [1.807, 2.05) is 24.5 Å². The quantitative estimate of drug-likeness (QED) is 0.145. The Bertz CT molecular complexity index is 827. The van der Waals surface area contributed by atoms with Crippen molar-refractivity contribution in [3.05, 3.63) is 35.9 Å². The molecule has 0 aliphatic heterocycles. The molecule has 2 amide bonds. The Morgan fingerprint density at radius 3 is 2.33 bits per heavy atom. The number of aliphatic carboxylic acids is 1. The number of thioether (sulfide) groups is 1. The molecule has 36 heavy (non-hydrogen) atoms. The van der Waals surface area contributed by atoms with E-state index in [9.17, 15) is 19.2 Å². The third-order valence-electron chi connectivity index (χ3n) is 4.84. The van der Waals surface area contributed by atoms with E-state index < -0.39 is 36.1 Å². The molecule has 12 heteroatoms. The maximum Gasteiger partial charge on any atom is 0.410 e. The summed E-state index contributed by atoms with van der Waals surface area (Å²) in [6.45, 7) is 4.40. The van der Waals surface area contributed by atoms with Crippen molar-refractivity contribution in [2.75, 3.05) is 18.6 Å². The van der Waals surface area contributed by atoms with Gasteiger partial charge in [-0.25, -0.2) is 4.79 Å². The molecule has 0 fully saturated rings. The van der Waals surface area contributed by atoms with Crippen LogP contribution < -0.4 is 10.6 Å². The number of carbonyl (C=O) groups is 4. The van der Waals surface area contributed by atoms with Gasteiger partial charge in [0.1, 0.15) is 6.54 Å². The number of nitrogens with one attached hydrogen (secondary N) is 2. The SMILES string of the molecule is CSCCC(NC(=O)OC(C)OC(=O)C(C)C)C(CCCc1ccccc1)SSC(=O)NCC(=O)O. The van der Waals surface area contributed by atoms with Crippen LogP contribution in [0.5, 0.6) is 0 Å². The average Bonchev–Trinajstić information content (AvgIpc) is 2.83. The van der Waals surface area contributed by atoms with Crippen molar-refractivity contribution in [1.29, 1.82) is 0 Å². The Labute approximate surface area is 225 Å². The molecule has 9 nitrogen and oxygen atoms in total. The average molecular weight is 561 g/mol. The third-order valence-corrected chi connectivity index (χ3v) is 8.17. The van der Waals surface area contributed by atoms with Gasteiger partial charge in [0.05, 0.1) is 5.92 Å². The summed E-state index contributed by atoms with van der Waals surface area (Å²) >= 11 is 1.63. The highest BCUT2D eigenvalue weighted by atomic mass is 33.1. The van der Waals surface area contributed by atoms with E-state index in [1.165, 1.54) is 23.3 Å². The molecule has 3 unspecified atom stereocenters. The number of carbonyl (C=O) groups excluding carboxylic acids is 3. The molecule has 202 valence electrons. The molecule has 0 aliphatic rings. The van der Waals surface area contributed by atoms with Crippen LogP contribution in [0.15, 0.2) is 30.3 Å². The molecule has 0 aliphatic carbocycles. The van der Waals surface area contributed by atoms with E-state index in [4.69, 9.17) is 14.6 Å². The Morgan fingerprint density at radius 1 is 1.03 bits per heavy atom. The minimum absolute atomic E-state index is 0.150. The van der Waals surface area contributed by atoms with Crippen molar-refractivity contribution in [2.24, 2.45) is 5.92 Å². The van der Waals surface area contributed by atoms with Crippen LogP contribution in [-0.2, 0) is 25.5 Å². The molecule has 1 aromatic rings. The first-order chi connectivity index (χ1) is 17.1. The number of rotatable bonds is 16. The normalized spacial score (nSPS) is 13.4. The number of aryl methyl sites for hydroxylation is 1. The van der Waals surface area contributed by atoms with Crippen molar-refractivity contribution >= 4 is 56.6 Å². The molecule has 1 rings (SSSR count). The van der Waals surface area contributed by atoms with Gasteiger partial charge in [0.15, 0.2) is 0 Å². The predicted molar refractivity (Wildman–Crippen MR) is 146 cm³/mol. The molecule has 3 atom stereocenters. The molecule has 0 saturated carbocycles. The van der Waals surface area contributed by atoms with Gasteiger partial charge in [0.25, 0.3) is 5.24 Å². The van der Waals surface area contributed by atoms with Crippen molar-refractivity contribution in [2.45, 2.75) is 64.0 Å². The highest BCUT2D eigenvalue weighted by Gasteiger charge is 2.27. The van der Waals surface area contributed by atoms with Gasteiger partial charge >= 0.3 is 18.0 Å². The van der Waals surface area contributed by atoms with Crippen molar-refractivity contribution < 1.29 is 33.8 Å². The summed E-state index contributed by atoms with van der Waals surface area (Å²) in [4.78, 5) is 47.2. The lowest BCUT2D eigenvalue weighted by molar-refractivity contribution is -0.168. The standard InChI is InChI=1S/C24H36N2O7S3/c1-16(2)22(29)32-17(3)33-23(30)26-19(13-14-34-4)20(35-36-24(31)25-15-21(27)28)12-8-11-18-9-6-5-7-10-18/h5-7,9-10,16-17,19-20H,8,11-15H2,1-4H3,(H,25,31)(H,26,30)(H,27,28). The number of carboxylic acids is 1. The lowest BCUT2D eigenvalue weighted by Crippen LogP contribution is -2.44. The predicted octanol–water partition coefficient (Wildman–Crippen LogP) is 4.95. The Kier molecular flexibility index (Phi) is 16.2. The molecule has 0 bridgehead atoms.